The van der Waals surface area contributed by atoms with E-state index in [0.29, 0.717) is 25.8 Å². The minimum Gasteiger partial charge on any atom is -0.365 e. The first-order valence-corrected chi connectivity index (χ1v) is 11.1. The number of carbonyl (C=O) groups excluding carboxylic acids is 1. The molecule has 0 heterocycles. The zero-order valence-electron chi connectivity index (χ0n) is 19.8. The van der Waals surface area contributed by atoms with Crippen LogP contribution in [-0.4, -0.2) is 35.5 Å². The number of hydrazone groups is 1. The van der Waals surface area contributed by atoms with Crippen LogP contribution in [0.3, 0.4) is 0 Å². The van der Waals surface area contributed by atoms with Crippen molar-refractivity contribution in [3.63, 3.8) is 0 Å². The number of guanidine groups is 1. The van der Waals surface area contributed by atoms with Gasteiger partial charge in [0.25, 0.3) is 5.96 Å². The van der Waals surface area contributed by atoms with Gasteiger partial charge in [-0.1, -0.05) is 70.9 Å². The Labute approximate surface area is 187 Å². The van der Waals surface area contributed by atoms with Crippen molar-refractivity contribution in [2.45, 2.75) is 85.2 Å². The van der Waals surface area contributed by atoms with Crippen molar-refractivity contribution < 1.29 is 9.83 Å². The molecule has 2 atom stereocenters. The molecule has 1 aromatic carbocycles. The summed E-state index contributed by atoms with van der Waals surface area (Å²) in [7, 11) is 0. The van der Waals surface area contributed by atoms with Crippen molar-refractivity contribution in [1.29, 1.82) is 0 Å². The van der Waals surface area contributed by atoms with E-state index >= 15 is 0 Å². The summed E-state index contributed by atoms with van der Waals surface area (Å²) in [4.78, 5) is 22.2. The van der Waals surface area contributed by atoms with Crippen molar-refractivity contribution in [3.05, 3.63) is 46.0 Å². The Morgan fingerprint density at radius 2 is 1.74 bits per heavy atom. The summed E-state index contributed by atoms with van der Waals surface area (Å²) in [6, 6.07) is 9.34. The third-order valence-electron chi connectivity index (χ3n) is 4.05. The standard InChI is InChI=1S/C16H26N6O3.C4H10.C2H6/c1-12(11-13-7-3-2-4-8-13)20-15(23)14(17)9-5-6-10-19-16(18)21-22(24)25;1-3-4-2;1-2/h2-4,7-8,12,14H,5-6,9-11,17H2,1H3,(H,20,23)(H3,18,19,21);3-4H2,1-2H3;1-2H3. The molecule has 0 radical (unpaired) electrons. The summed E-state index contributed by atoms with van der Waals surface area (Å²) >= 11 is 0. The maximum Gasteiger partial charge on any atom is 0.266 e. The average molecular weight is 439 g/mol. The number of nitrogens with two attached hydrogens (primary N) is 2. The van der Waals surface area contributed by atoms with Gasteiger partial charge in [0.05, 0.1) is 6.04 Å². The molecule has 0 aliphatic carbocycles. The molecule has 2 unspecified atom stereocenters. The molecule has 0 spiro atoms. The largest absolute Gasteiger partial charge is 0.365 e. The van der Waals surface area contributed by atoms with Gasteiger partial charge >= 0.3 is 0 Å². The minimum atomic E-state index is -0.862. The summed E-state index contributed by atoms with van der Waals surface area (Å²) in [6.45, 7) is 10.7. The van der Waals surface area contributed by atoms with E-state index in [1.54, 1.807) is 0 Å². The molecular weight excluding hydrogens is 396 g/mol. The molecule has 0 saturated heterocycles. The summed E-state index contributed by atoms with van der Waals surface area (Å²) in [5.74, 6) is -0.410. The van der Waals surface area contributed by atoms with Crippen molar-refractivity contribution in [2.75, 3.05) is 6.54 Å². The van der Waals surface area contributed by atoms with Crippen LogP contribution in [0.15, 0.2) is 35.4 Å². The number of nitrogens with zero attached hydrogens (tertiary/aromatic N) is 2. The lowest BCUT2D eigenvalue weighted by Gasteiger charge is -2.17. The predicted octanol–water partition coefficient (Wildman–Crippen LogP) is 3.16. The zero-order chi connectivity index (χ0) is 24.1. The highest BCUT2D eigenvalue weighted by Gasteiger charge is 2.15. The van der Waals surface area contributed by atoms with Crippen LogP contribution in [-0.2, 0) is 11.2 Å². The van der Waals surface area contributed by atoms with Gasteiger partial charge in [0, 0.05) is 12.6 Å². The number of unbranched alkanes of at least 4 members (excludes halogenated alkanes) is 2. The van der Waals surface area contributed by atoms with Gasteiger partial charge in [-0.3, -0.25) is 4.79 Å². The summed E-state index contributed by atoms with van der Waals surface area (Å²) in [5.41, 5.74) is 12.3. The number of carbonyl (C=O) groups is 1. The van der Waals surface area contributed by atoms with Gasteiger partial charge in [-0.05, 0) is 38.2 Å². The Morgan fingerprint density at radius 1 is 1.16 bits per heavy atom. The van der Waals surface area contributed by atoms with Crippen LogP contribution in [0.1, 0.15) is 72.3 Å². The zero-order valence-corrected chi connectivity index (χ0v) is 19.8. The molecule has 0 saturated carbocycles. The fourth-order valence-electron chi connectivity index (χ4n) is 2.33. The van der Waals surface area contributed by atoms with Crippen LogP contribution in [0, 0.1) is 10.1 Å². The second kappa shape index (κ2) is 20.6. The van der Waals surface area contributed by atoms with Gasteiger partial charge in [-0.2, -0.15) is 0 Å². The lowest BCUT2D eigenvalue weighted by molar-refractivity contribution is -0.485. The van der Waals surface area contributed by atoms with Crippen LogP contribution in [0.25, 0.3) is 0 Å². The Kier molecular flexibility index (Phi) is 20.3. The van der Waals surface area contributed by atoms with Crippen LogP contribution in [0.2, 0.25) is 0 Å². The van der Waals surface area contributed by atoms with Crippen LogP contribution in [0.5, 0.6) is 0 Å². The Balaban J connectivity index is 0. The van der Waals surface area contributed by atoms with Crippen molar-refractivity contribution in [1.82, 2.24) is 10.6 Å². The number of hydrogen-bond acceptors (Lipinski definition) is 4. The molecule has 0 aromatic heterocycles. The molecular formula is C22H42N6O3. The van der Waals surface area contributed by atoms with E-state index in [2.05, 4.69) is 29.6 Å². The van der Waals surface area contributed by atoms with E-state index in [-0.39, 0.29) is 17.9 Å². The molecule has 1 aromatic rings. The number of benzene rings is 1. The van der Waals surface area contributed by atoms with Gasteiger partial charge in [0.1, 0.15) is 5.10 Å². The molecule has 9 nitrogen and oxygen atoms in total. The topological polar surface area (TPSA) is 149 Å². The minimum absolute atomic E-state index is 0.000699. The molecule has 0 bridgehead atoms. The molecule has 9 heteroatoms. The lowest BCUT2D eigenvalue weighted by Crippen LogP contribution is -2.45. The summed E-state index contributed by atoms with van der Waals surface area (Å²) < 4.78 is 0. The Morgan fingerprint density at radius 3 is 2.26 bits per heavy atom. The van der Waals surface area contributed by atoms with Gasteiger partial charge < -0.3 is 22.1 Å². The van der Waals surface area contributed by atoms with E-state index < -0.39 is 11.1 Å². The monoisotopic (exact) mass is 438 g/mol. The molecule has 1 amide bonds. The van der Waals surface area contributed by atoms with Crippen LogP contribution >= 0.6 is 0 Å². The second-order valence-corrected chi connectivity index (χ2v) is 6.85. The molecule has 0 aliphatic heterocycles. The SMILES string of the molecule is CC.CC(Cc1ccccc1)NC(=O)C(N)CCCCN/C(N)=N\[N+](=O)[O-].CCCC. The smallest absolute Gasteiger partial charge is 0.266 e. The predicted molar refractivity (Wildman–Crippen MR) is 128 cm³/mol. The number of nitrogens with one attached hydrogen (secondary N) is 2. The van der Waals surface area contributed by atoms with E-state index in [4.69, 9.17) is 11.5 Å². The van der Waals surface area contributed by atoms with E-state index in [0.717, 1.165) is 12.0 Å². The molecule has 31 heavy (non-hydrogen) atoms. The summed E-state index contributed by atoms with van der Waals surface area (Å²) in [6.07, 6.45) is 5.28. The highest BCUT2D eigenvalue weighted by Crippen LogP contribution is 2.04. The van der Waals surface area contributed by atoms with Gasteiger partial charge in [-0.15, -0.1) is 0 Å². The Bertz CT molecular complexity index is 609. The van der Waals surface area contributed by atoms with Crippen molar-refractivity contribution >= 4 is 11.9 Å². The highest BCUT2D eigenvalue weighted by molar-refractivity contribution is 5.81. The summed E-state index contributed by atoms with van der Waals surface area (Å²) in [5, 5.41) is 17.7. The van der Waals surface area contributed by atoms with Crippen LogP contribution < -0.4 is 22.1 Å². The number of amides is 1. The molecule has 0 fully saturated rings. The van der Waals surface area contributed by atoms with Crippen molar-refractivity contribution in [2.24, 2.45) is 16.6 Å². The fraction of sp³-hybridized carbons (Fsp3) is 0.636. The van der Waals surface area contributed by atoms with E-state index in [1.807, 2.05) is 51.1 Å². The highest BCUT2D eigenvalue weighted by atomic mass is 16.7. The number of nitro groups is 1. The normalized spacial score (nSPS) is 12.3. The average Bonchev–Trinajstić information content (AvgIpc) is 2.75. The molecule has 0 aliphatic rings. The van der Waals surface area contributed by atoms with Gasteiger partial charge in [-0.25, -0.2) is 10.1 Å². The van der Waals surface area contributed by atoms with Crippen LogP contribution in [0.4, 0.5) is 0 Å². The molecule has 178 valence electrons. The first kappa shape index (κ1) is 30.5. The maximum atomic E-state index is 12.1. The Hall–Kier alpha value is -2.68. The third kappa shape index (κ3) is 19.1. The molecule has 6 N–H and O–H groups in total. The van der Waals surface area contributed by atoms with Gasteiger partial charge in [0.15, 0.2) is 5.03 Å². The lowest BCUT2D eigenvalue weighted by atomic mass is 10.1. The first-order chi connectivity index (χ1) is 14.8. The first-order valence-electron chi connectivity index (χ1n) is 11.1. The second-order valence-electron chi connectivity index (χ2n) is 6.85. The van der Waals surface area contributed by atoms with E-state index in [1.165, 1.54) is 12.8 Å². The van der Waals surface area contributed by atoms with E-state index in [9.17, 15) is 14.9 Å². The number of hydrogen-bond donors (Lipinski definition) is 4. The van der Waals surface area contributed by atoms with Gasteiger partial charge in [0.2, 0.25) is 5.91 Å². The quantitative estimate of drug-likeness (QED) is 0.137. The third-order valence-corrected chi connectivity index (χ3v) is 4.05. The van der Waals surface area contributed by atoms with Crippen molar-refractivity contribution in [3.8, 4) is 0 Å². The fourth-order valence-corrected chi connectivity index (χ4v) is 2.33. The molecule has 1 rings (SSSR count). The number of rotatable bonds is 11. The maximum absolute atomic E-state index is 12.1.